The maximum Gasteiger partial charge on any atom is 0.214 e. The van der Waals surface area contributed by atoms with Gasteiger partial charge < -0.3 is 4.74 Å². The van der Waals surface area contributed by atoms with E-state index in [0.29, 0.717) is 5.92 Å². The maximum atomic E-state index is 11.5. The van der Waals surface area contributed by atoms with E-state index in [-0.39, 0.29) is 18.4 Å². The summed E-state index contributed by atoms with van der Waals surface area (Å²) in [5.41, 5.74) is 0. The van der Waals surface area contributed by atoms with Crippen LogP contribution in [0.25, 0.3) is 0 Å². The molecule has 4 nitrogen and oxygen atoms in total. The zero-order valence-corrected chi connectivity index (χ0v) is 10.9. The Morgan fingerprint density at radius 3 is 2.27 bits per heavy atom. The molecule has 0 aromatic carbocycles. The third-order valence-corrected chi connectivity index (χ3v) is 3.58. The third-order valence-electron chi connectivity index (χ3n) is 2.11. The molecule has 92 valence electrons. The van der Waals surface area contributed by atoms with Crippen LogP contribution < -0.4 is 4.72 Å². The summed E-state index contributed by atoms with van der Waals surface area (Å²) in [6, 6.07) is 0.00857. The van der Waals surface area contributed by atoms with Gasteiger partial charge in [-0.05, 0) is 25.7 Å². The lowest BCUT2D eigenvalue weighted by molar-refractivity contribution is 0.216. The molecular formula is C10H23NO3S. The monoisotopic (exact) mass is 237 g/mol. The van der Waals surface area contributed by atoms with Crippen LogP contribution in [-0.4, -0.2) is 33.9 Å². The van der Waals surface area contributed by atoms with Crippen molar-refractivity contribution in [3.8, 4) is 0 Å². The molecule has 0 saturated carbocycles. The molecule has 0 aromatic heterocycles. The molecule has 0 bridgehead atoms. The molecule has 1 N–H and O–H groups in total. The van der Waals surface area contributed by atoms with Crippen molar-refractivity contribution in [2.45, 2.75) is 39.7 Å². The minimum absolute atomic E-state index is 0.00857. The Balaban J connectivity index is 3.88. The van der Waals surface area contributed by atoms with Crippen LogP contribution in [0, 0.1) is 5.92 Å². The number of ether oxygens (including phenoxy) is 1. The molecule has 0 radical (unpaired) electrons. The summed E-state index contributed by atoms with van der Waals surface area (Å²) in [5.74, 6) is 0.645. The van der Waals surface area contributed by atoms with Gasteiger partial charge >= 0.3 is 0 Å². The van der Waals surface area contributed by atoms with Gasteiger partial charge in [0.05, 0.1) is 12.4 Å². The first-order valence-electron chi connectivity index (χ1n) is 5.36. The van der Waals surface area contributed by atoms with Crippen LogP contribution >= 0.6 is 0 Å². The number of sulfonamides is 1. The van der Waals surface area contributed by atoms with Gasteiger partial charge in [-0.1, -0.05) is 13.8 Å². The normalized spacial score (nSPS) is 14.5. The lowest BCUT2D eigenvalue weighted by Crippen LogP contribution is -2.35. The first-order valence-corrected chi connectivity index (χ1v) is 7.01. The van der Waals surface area contributed by atoms with Crippen LogP contribution in [0.1, 0.15) is 33.6 Å². The maximum absolute atomic E-state index is 11.5. The van der Waals surface area contributed by atoms with Crippen LogP contribution in [0.3, 0.4) is 0 Å². The highest BCUT2D eigenvalue weighted by molar-refractivity contribution is 7.89. The Kier molecular flexibility index (Phi) is 7.13. The Bertz CT molecular complexity index is 249. The number of methoxy groups -OCH3 is 1. The van der Waals surface area contributed by atoms with Crippen molar-refractivity contribution in [3.05, 3.63) is 0 Å². The smallest absolute Gasteiger partial charge is 0.214 e. The van der Waals surface area contributed by atoms with Crippen LogP contribution in [0.15, 0.2) is 0 Å². The average Bonchev–Trinajstić information content (AvgIpc) is 2.11. The topological polar surface area (TPSA) is 55.4 Å². The van der Waals surface area contributed by atoms with Gasteiger partial charge in [0.25, 0.3) is 0 Å². The van der Waals surface area contributed by atoms with Crippen molar-refractivity contribution < 1.29 is 13.2 Å². The molecule has 0 fully saturated rings. The lowest BCUT2D eigenvalue weighted by Gasteiger charge is -2.14. The van der Waals surface area contributed by atoms with E-state index in [1.807, 2.05) is 6.92 Å². The zero-order valence-electron chi connectivity index (χ0n) is 10.1. The zero-order chi connectivity index (χ0) is 11.9. The second kappa shape index (κ2) is 7.19. The second-order valence-electron chi connectivity index (χ2n) is 4.30. The number of hydrogen-bond acceptors (Lipinski definition) is 3. The van der Waals surface area contributed by atoms with Gasteiger partial charge in [-0.3, -0.25) is 0 Å². The van der Waals surface area contributed by atoms with Crippen molar-refractivity contribution >= 4 is 10.0 Å². The van der Waals surface area contributed by atoms with Crippen molar-refractivity contribution in [1.29, 1.82) is 0 Å². The van der Waals surface area contributed by atoms with Gasteiger partial charge in [0, 0.05) is 13.2 Å². The molecular weight excluding hydrogens is 214 g/mol. The van der Waals surface area contributed by atoms with Gasteiger partial charge in [-0.15, -0.1) is 0 Å². The highest BCUT2D eigenvalue weighted by Gasteiger charge is 2.14. The van der Waals surface area contributed by atoms with E-state index in [9.17, 15) is 8.42 Å². The van der Waals surface area contributed by atoms with E-state index in [4.69, 9.17) is 4.74 Å². The summed E-state index contributed by atoms with van der Waals surface area (Å²) >= 11 is 0. The Morgan fingerprint density at radius 1 is 1.20 bits per heavy atom. The fourth-order valence-electron chi connectivity index (χ4n) is 1.20. The van der Waals surface area contributed by atoms with Crippen molar-refractivity contribution in [1.82, 2.24) is 4.72 Å². The van der Waals surface area contributed by atoms with Crippen LogP contribution in [0.5, 0.6) is 0 Å². The largest absolute Gasteiger partial charge is 0.384 e. The second-order valence-corrected chi connectivity index (χ2v) is 6.18. The highest BCUT2D eigenvalue weighted by Crippen LogP contribution is 2.07. The van der Waals surface area contributed by atoms with Gasteiger partial charge in [-0.25, -0.2) is 13.1 Å². The summed E-state index contributed by atoms with van der Waals surface area (Å²) in [7, 11) is -1.67. The molecule has 5 heteroatoms. The molecule has 0 amide bonds. The Morgan fingerprint density at radius 2 is 1.80 bits per heavy atom. The average molecular weight is 237 g/mol. The van der Waals surface area contributed by atoms with E-state index in [2.05, 4.69) is 18.6 Å². The number of nitrogens with one attached hydrogen (secondary N) is 1. The summed E-state index contributed by atoms with van der Waals surface area (Å²) in [6.07, 6.45) is 1.91. The van der Waals surface area contributed by atoms with E-state index in [1.165, 1.54) is 7.11 Å². The molecule has 0 unspecified atom stereocenters. The minimum Gasteiger partial charge on any atom is -0.384 e. The minimum atomic E-state index is -3.17. The third kappa shape index (κ3) is 8.84. The summed E-state index contributed by atoms with van der Waals surface area (Å²) in [6.45, 7) is 6.40. The molecule has 0 heterocycles. The van der Waals surface area contributed by atoms with Crippen molar-refractivity contribution in [2.24, 2.45) is 5.92 Å². The van der Waals surface area contributed by atoms with Gasteiger partial charge in [0.1, 0.15) is 0 Å². The van der Waals surface area contributed by atoms with Crippen LogP contribution in [-0.2, 0) is 14.8 Å². The molecule has 0 spiro atoms. The van der Waals surface area contributed by atoms with Gasteiger partial charge in [0.2, 0.25) is 10.0 Å². The molecule has 0 aromatic rings. The van der Waals surface area contributed by atoms with E-state index in [1.54, 1.807) is 0 Å². The molecule has 0 aliphatic heterocycles. The first kappa shape index (κ1) is 14.9. The summed E-state index contributed by atoms with van der Waals surface area (Å²) in [4.78, 5) is 0. The SMILES string of the molecule is COCCS(=O)(=O)N[C@@H](C)CCC(C)C. The molecule has 0 saturated heterocycles. The van der Waals surface area contributed by atoms with E-state index < -0.39 is 10.0 Å². The van der Waals surface area contributed by atoms with Crippen LogP contribution in [0.4, 0.5) is 0 Å². The van der Waals surface area contributed by atoms with Gasteiger partial charge in [0.15, 0.2) is 0 Å². The van der Waals surface area contributed by atoms with E-state index in [0.717, 1.165) is 12.8 Å². The predicted molar refractivity (Wildman–Crippen MR) is 62.3 cm³/mol. The lowest BCUT2D eigenvalue weighted by atomic mass is 10.1. The fraction of sp³-hybridized carbons (Fsp3) is 1.00. The number of hydrogen-bond donors (Lipinski definition) is 1. The first-order chi connectivity index (χ1) is 6.87. The highest BCUT2D eigenvalue weighted by atomic mass is 32.2. The van der Waals surface area contributed by atoms with Crippen molar-refractivity contribution in [3.63, 3.8) is 0 Å². The van der Waals surface area contributed by atoms with Crippen molar-refractivity contribution in [2.75, 3.05) is 19.5 Å². The molecule has 15 heavy (non-hydrogen) atoms. The Labute approximate surface area is 93.4 Å². The quantitative estimate of drug-likeness (QED) is 0.694. The van der Waals surface area contributed by atoms with Crippen LogP contribution in [0.2, 0.25) is 0 Å². The summed E-state index contributed by atoms with van der Waals surface area (Å²) < 4.78 is 30.3. The number of rotatable bonds is 8. The molecule has 0 aliphatic rings. The molecule has 0 aliphatic carbocycles. The Hall–Kier alpha value is -0.130. The predicted octanol–water partition coefficient (Wildman–Crippen LogP) is 1.38. The molecule has 0 rings (SSSR count). The van der Waals surface area contributed by atoms with Gasteiger partial charge in [-0.2, -0.15) is 0 Å². The van der Waals surface area contributed by atoms with E-state index >= 15 is 0 Å². The standard InChI is InChI=1S/C10H23NO3S/c1-9(2)5-6-10(3)11-15(12,13)8-7-14-4/h9-11H,5-8H2,1-4H3/t10-/m0/s1. The summed E-state index contributed by atoms with van der Waals surface area (Å²) in [5, 5.41) is 0. The fourth-order valence-corrected chi connectivity index (χ4v) is 2.44. The molecule has 1 atom stereocenters.